The number of sulfonamides is 1. The molecule has 0 atom stereocenters. The average molecular weight is 473 g/mol. The smallest absolute Gasteiger partial charge is 0.264 e. The number of ether oxygens (including phenoxy) is 1. The van der Waals surface area contributed by atoms with Crippen molar-refractivity contribution < 1.29 is 21.9 Å². The van der Waals surface area contributed by atoms with Crippen LogP contribution in [0.25, 0.3) is 22.0 Å². The van der Waals surface area contributed by atoms with Crippen molar-refractivity contribution in [3.8, 4) is 17.0 Å². The van der Waals surface area contributed by atoms with Crippen molar-refractivity contribution in [1.82, 2.24) is 15.0 Å². The normalized spacial score (nSPS) is 11.5. The Bertz CT molecular complexity index is 1570. The van der Waals surface area contributed by atoms with E-state index in [1.165, 1.54) is 19.4 Å². The highest BCUT2D eigenvalue weighted by Crippen LogP contribution is 2.32. The van der Waals surface area contributed by atoms with Crippen molar-refractivity contribution in [2.24, 2.45) is 0 Å². The van der Waals surface area contributed by atoms with E-state index in [0.717, 1.165) is 12.1 Å². The summed E-state index contributed by atoms with van der Waals surface area (Å²) in [6.07, 6.45) is 1.43. The molecule has 0 aliphatic heterocycles. The summed E-state index contributed by atoms with van der Waals surface area (Å²) in [5.74, 6) is -2.25. The Morgan fingerprint density at radius 3 is 2.58 bits per heavy atom. The Kier molecular flexibility index (Phi) is 5.46. The van der Waals surface area contributed by atoms with Crippen molar-refractivity contribution in [3.05, 3.63) is 70.1 Å². The van der Waals surface area contributed by atoms with Gasteiger partial charge in [0.1, 0.15) is 22.2 Å². The quantitative estimate of drug-likeness (QED) is 0.405. The molecule has 4 rings (SSSR count). The van der Waals surface area contributed by atoms with E-state index in [4.69, 9.17) is 10.5 Å². The van der Waals surface area contributed by atoms with Crippen LogP contribution >= 0.6 is 0 Å². The Labute approximate surface area is 186 Å². The summed E-state index contributed by atoms with van der Waals surface area (Å²) in [6, 6.07) is 6.83. The zero-order valence-electron chi connectivity index (χ0n) is 17.3. The molecule has 170 valence electrons. The first-order valence-electron chi connectivity index (χ1n) is 9.41. The van der Waals surface area contributed by atoms with Gasteiger partial charge in [0, 0.05) is 17.8 Å². The van der Waals surface area contributed by atoms with Gasteiger partial charge in [0.2, 0.25) is 11.8 Å². The Morgan fingerprint density at radius 1 is 1.12 bits per heavy atom. The molecule has 0 saturated carbocycles. The van der Waals surface area contributed by atoms with Crippen LogP contribution in [-0.4, -0.2) is 30.5 Å². The van der Waals surface area contributed by atoms with Crippen LogP contribution in [0.4, 0.5) is 20.4 Å². The van der Waals surface area contributed by atoms with Crippen molar-refractivity contribution in [3.63, 3.8) is 0 Å². The van der Waals surface area contributed by atoms with E-state index in [0.29, 0.717) is 28.3 Å². The average Bonchev–Trinajstić information content (AvgIpc) is 2.73. The Morgan fingerprint density at radius 2 is 1.88 bits per heavy atom. The molecule has 2 aromatic heterocycles. The van der Waals surface area contributed by atoms with Gasteiger partial charge in [-0.1, -0.05) is 0 Å². The van der Waals surface area contributed by atoms with Crippen LogP contribution < -0.4 is 20.8 Å². The molecular weight excluding hydrogens is 456 g/mol. The molecule has 2 aromatic carbocycles. The van der Waals surface area contributed by atoms with Gasteiger partial charge >= 0.3 is 0 Å². The molecule has 2 heterocycles. The maximum absolute atomic E-state index is 14.1. The summed E-state index contributed by atoms with van der Waals surface area (Å²) >= 11 is 0. The molecule has 12 heteroatoms. The van der Waals surface area contributed by atoms with Gasteiger partial charge in [-0.3, -0.25) is 14.5 Å². The van der Waals surface area contributed by atoms with Gasteiger partial charge in [0.05, 0.1) is 18.0 Å². The number of H-pyrrole nitrogens is 1. The number of hydrogen-bond donors (Lipinski definition) is 3. The van der Waals surface area contributed by atoms with Gasteiger partial charge in [-0.2, -0.15) is 0 Å². The van der Waals surface area contributed by atoms with Gasteiger partial charge in [-0.05, 0) is 48.4 Å². The van der Waals surface area contributed by atoms with E-state index in [1.54, 1.807) is 19.1 Å². The SMILES string of the molecule is COc1ncc(-c2cc(C)c3nc(N)[nH]c(=O)c3c2)cc1NS(=O)(=O)c1ccc(F)cc1F. The molecule has 33 heavy (non-hydrogen) atoms. The lowest BCUT2D eigenvalue weighted by Crippen LogP contribution is -2.16. The predicted octanol–water partition coefficient (Wildman–Crippen LogP) is 2.96. The summed E-state index contributed by atoms with van der Waals surface area (Å²) in [5, 5.41) is 0.283. The maximum atomic E-state index is 14.1. The highest BCUT2D eigenvalue weighted by atomic mass is 32.2. The number of benzene rings is 2. The number of aryl methyl sites for hydroxylation is 1. The molecule has 0 bridgehead atoms. The first kappa shape index (κ1) is 22.1. The van der Waals surface area contributed by atoms with Crippen molar-refractivity contribution in [2.45, 2.75) is 11.8 Å². The third-order valence-electron chi connectivity index (χ3n) is 4.82. The summed E-state index contributed by atoms with van der Waals surface area (Å²) < 4.78 is 60.1. The Balaban J connectivity index is 1.82. The number of hydrogen-bond acceptors (Lipinski definition) is 7. The standard InChI is InChI=1S/C21H17F2N5O4S/c1-10-5-11(6-14-18(10)26-21(24)27-19(14)29)12-7-16(20(32-2)25-9-12)28-33(30,31)17-4-3-13(22)8-15(17)23/h3-9,28H,1-2H3,(H3,24,26,27,29). The van der Waals surface area contributed by atoms with Gasteiger partial charge in [-0.15, -0.1) is 0 Å². The van der Waals surface area contributed by atoms with Gasteiger partial charge in [0.25, 0.3) is 15.6 Å². The fourth-order valence-electron chi connectivity index (χ4n) is 3.34. The number of pyridine rings is 1. The van der Waals surface area contributed by atoms with Crippen LogP contribution in [0.3, 0.4) is 0 Å². The van der Waals surface area contributed by atoms with Crippen LogP contribution in [-0.2, 0) is 10.0 Å². The second kappa shape index (κ2) is 8.13. The molecule has 4 N–H and O–H groups in total. The van der Waals surface area contributed by atoms with Crippen LogP contribution in [0.15, 0.2) is 52.3 Å². The van der Waals surface area contributed by atoms with Crippen LogP contribution in [0, 0.1) is 18.6 Å². The zero-order valence-corrected chi connectivity index (χ0v) is 18.1. The molecule has 0 aliphatic carbocycles. The second-order valence-corrected chi connectivity index (χ2v) is 8.75. The summed E-state index contributed by atoms with van der Waals surface area (Å²) in [5.41, 5.74) is 7.17. The number of nitrogens with one attached hydrogen (secondary N) is 2. The summed E-state index contributed by atoms with van der Waals surface area (Å²) in [6.45, 7) is 1.75. The van der Waals surface area contributed by atoms with E-state index in [2.05, 4.69) is 19.7 Å². The van der Waals surface area contributed by atoms with Gasteiger partial charge < -0.3 is 10.5 Å². The Hall–Kier alpha value is -4.06. The van der Waals surface area contributed by atoms with E-state index in [-0.39, 0.29) is 22.9 Å². The first-order valence-corrected chi connectivity index (χ1v) is 10.9. The first-order chi connectivity index (χ1) is 15.6. The van der Waals surface area contributed by atoms with Crippen molar-refractivity contribution >= 4 is 32.6 Å². The molecular formula is C21H17F2N5O4S. The molecule has 4 aromatic rings. The number of aromatic amines is 1. The largest absolute Gasteiger partial charge is 0.480 e. The van der Waals surface area contributed by atoms with Gasteiger partial charge in [0.15, 0.2) is 0 Å². The summed E-state index contributed by atoms with van der Waals surface area (Å²) in [4.78, 5) is 22.3. The van der Waals surface area contributed by atoms with E-state index in [9.17, 15) is 22.0 Å². The monoisotopic (exact) mass is 473 g/mol. The fourth-order valence-corrected chi connectivity index (χ4v) is 4.45. The van der Waals surface area contributed by atoms with Crippen molar-refractivity contribution in [2.75, 3.05) is 17.6 Å². The van der Waals surface area contributed by atoms with Gasteiger partial charge in [-0.25, -0.2) is 27.2 Å². The third-order valence-corrected chi connectivity index (χ3v) is 6.22. The summed E-state index contributed by atoms with van der Waals surface area (Å²) in [7, 11) is -3.15. The minimum absolute atomic E-state index is 0.0146. The maximum Gasteiger partial charge on any atom is 0.264 e. The number of aromatic nitrogens is 3. The minimum Gasteiger partial charge on any atom is -0.480 e. The highest BCUT2D eigenvalue weighted by Gasteiger charge is 2.22. The molecule has 0 radical (unpaired) electrons. The number of methoxy groups -OCH3 is 1. The fraction of sp³-hybridized carbons (Fsp3) is 0.0952. The van der Waals surface area contributed by atoms with Crippen molar-refractivity contribution in [1.29, 1.82) is 0 Å². The molecule has 0 fully saturated rings. The number of halogens is 2. The number of nitrogens with zero attached hydrogens (tertiary/aromatic N) is 2. The zero-order chi connectivity index (χ0) is 23.9. The van der Waals surface area contributed by atoms with Crippen LogP contribution in [0.2, 0.25) is 0 Å². The number of rotatable bonds is 5. The topological polar surface area (TPSA) is 140 Å². The lowest BCUT2D eigenvalue weighted by molar-refractivity contribution is 0.400. The lowest BCUT2D eigenvalue weighted by atomic mass is 10.0. The number of fused-ring (bicyclic) bond motifs is 1. The third kappa shape index (κ3) is 4.20. The number of nitrogens with two attached hydrogens (primary N) is 1. The molecule has 0 spiro atoms. The lowest BCUT2D eigenvalue weighted by Gasteiger charge is -2.14. The molecule has 0 amide bonds. The predicted molar refractivity (Wildman–Crippen MR) is 118 cm³/mol. The number of anilines is 2. The van der Waals surface area contributed by atoms with Crippen LogP contribution in [0.5, 0.6) is 5.88 Å². The van der Waals surface area contributed by atoms with E-state index >= 15 is 0 Å². The highest BCUT2D eigenvalue weighted by molar-refractivity contribution is 7.92. The van der Waals surface area contributed by atoms with E-state index in [1.807, 2.05) is 0 Å². The molecule has 0 unspecified atom stereocenters. The minimum atomic E-state index is -4.44. The van der Waals surface area contributed by atoms with Crippen LogP contribution in [0.1, 0.15) is 5.56 Å². The molecule has 0 aliphatic rings. The molecule has 0 saturated heterocycles. The molecule has 9 nitrogen and oxygen atoms in total. The second-order valence-electron chi connectivity index (χ2n) is 7.10. The number of nitrogen functional groups attached to an aromatic ring is 1. The van der Waals surface area contributed by atoms with E-state index < -0.39 is 32.1 Å².